The van der Waals surface area contributed by atoms with Crippen LogP contribution in [-0.2, 0) is 6.42 Å². The molecule has 2 aromatic carbocycles. The molecule has 1 nitrogen and oxygen atoms in total. The van der Waals surface area contributed by atoms with Crippen molar-refractivity contribution in [3.05, 3.63) is 64.1 Å². The van der Waals surface area contributed by atoms with Gasteiger partial charge in [-0.1, -0.05) is 46.3 Å². The summed E-state index contributed by atoms with van der Waals surface area (Å²) in [5.74, 6) is 0.949. The minimum Gasteiger partial charge on any atom is -0.486 e. The second kappa shape index (κ2) is 4.53. The molecular weight excluding hydrogens is 276 g/mol. The Bertz CT molecular complexity index is 522. The van der Waals surface area contributed by atoms with E-state index in [1.54, 1.807) is 0 Å². The van der Waals surface area contributed by atoms with Crippen molar-refractivity contribution in [2.24, 2.45) is 0 Å². The third-order valence-electron chi connectivity index (χ3n) is 3.18. The zero-order chi connectivity index (χ0) is 11.7. The van der Waals surface area contributed by atoms with Crippen LogP contribution in [0.25, 0.3) is 0 Å². The fraction of sp³-hybridized carbons (Fsp3) is 0.200. The molecule has 1 unspecified atom stereocenters. The molecule has 0 spiro atoms. The van der Waals surface area contributed by atoms with Gasteiger partial charge in [0.2, 0.25) is 0 Å². The lowest BCUT2D eigenvalue weighted by atomic mass is 10.1. The van der Waals surface area contributed by atoms with Gasteiger partial charge >= 0.3 is 0 Å². The molecule has 86 valence electrons. The minimum atomic E-state index is 0.199. The van der Waals surface area contributed by atoms with Crippen molar-refractivity contribution in [1.29, 1.82) is 0 Å². The highest BCUT2D eigenvalue weighted by Crippen LogP contribution is 2.38. The number of hydrogen-bond acceptors (Lipinski definition) is 1. The summed E-state index contributed by atoms with van der Waals surface area (Å²) < 4.78 is 7.24. The molecule has 1 aliphatic carbocycles. The van der Waals surface area contributed by atoms with E-state index in [4.69, 9.17) is 4.74 Å². The van der Waals surface area contributed by atoms with Crippen LogP contribution in [0.15, 0.2) is 53.0 Å². The van der Waals surface area contributed by atoms with Crippen molar-refractivity contribution in [2.45, 2.75) is 18.9 Å². The van der Waals surface area contributed by atoms with Crippen LogP contribution in [-0.4, -0.2) is 0 Å². The van der Waals surface area contributed by atoms with Gasteiger partial charge in [-0.2, -0.15) is 0 Å². The molecule has 0 aliphatic heterocycles. The van der Waals surface area contributed by atoms with Gasteiger partial charge in [0, 0.05) is 4.47 Å². The van der Waals surface area contributed by atoms with Crippen molar-refractivity contribution < 1.29 is 4.74 Å². The van der Waals surface area contributed by atoms with E-state index in [2.05, 4.69) is 34.1 Å². The molecule has 3 rings (SSSR count). The number of halogens is 1. The van der Waals surface area contributed by atoms with E-state index in [1.807, 2.05) is 30.3 Å². The molecule has 0 heterocycles. The van der Waals surface area contributed by atoms with E-state index in [0.29, 0.717) is 0 Å². The van der Waals surface area contributed by atoms with Gasteiger partial charge in [-0.05, 0) is 42.2 Å². The first-order chi connectivity index (χ1) is 8.34. The third-order valence-corrected chi connectivity index (χ3v) is 3.92. The van der Waals surface area contributed by atoms with E-state index in [9.17, 15) is 0 Å². The Morgan fingerprint density at radius 1 is 1.00 bits per heavy atom. The van der Waals surface area contributed by atoms with Gasteiger partial charge in [-0.25, -0.2) is 0 Å². The number of benzene rings is 2. The molecular formula is C15H13BrO. The van der Waals surface area contributed by atoms with Crippen LogP contribution in [0.4, 0.5) is 0 Å². The highest BCUT2D eigenvalue weighted by Gasteiger charge is 2.25. The first-order valence-corrected chi connectivity index (χ1v) is 6.63. The van der Waals surface area contributed by atoms with E-state index < -0.39 is 0 Å². The minimum absolute atomic E-state index is 0.199. The van der Waals surface area contributed by atoms with Crippen molar-refractivity contribution >= 4 is 15.9 Å². The van der Waals surface area contributed by atoms with E-state index in [-0.39, 0.29) is 6.10 Å². The van der Waals surface area contributed by atoms with Crippen molar-refractivity contribution in [1.82, 2.24) is 0 Å². The Kier molecular flexibility index (Phi) is 2.89. The summed E-state index contributed by atoms with van der Waals surface area (Å²) in [5.41, 5.74) is 2.72. The zero-order valence-corrected chi connectivity index (χ0v) is 11.0. The summed E-state index contributed by atoms with van der Waals surface area (Å²) >= 11 is 3.60. The summed E-state index contributed by atoms with van der Waals surface area (Å²) in [7, 11) is 0. The van der Waals surface area contributed by atoms with Crippen LogP contribution in [0.3, 0.4) is 0 Å². The van der Waals surface area contributed by atoms with Gasteiger partial charge in [0.05, 0.1) is 0 Å². The molecule has 0 radical (unpaired) electrons. The van der Waals surface area contributed by atoms with Gasteiger partial charge in [0.1, 0.15) is 11.9 Å². The summed E-state index contributed by atoms with van der Waals surface area (Å²) in [4.78, 5) is 0. The highest BCUT2D eigenvalue weighted by molar-refractivity contribution is 9.10. The molecule has 2 heteroatoms. The molecule has 0 N–H and O–H groups in total. The fourth-order valence-electron chi connectivity index (χ4n) is 2.36. The van der Waals surface area contributed by atoms with E-state index >= 15 is 0 Å². The molecule has 0 bridgehead atoms. The van der Waals surface area contributed by atoms with Crippen molar-refractivity contribution in [3.8, 4) is 5.75 Å². The normalized spacial score (nSPS) is 17.8. The molecule has 1 aliphatic rings. The smallest absolute Gasteiger partial charge is 0.124 e. The molecule has 0 aromatic heterocycles. The van der Waals surface area contributed by atoms with Crippen LogP contribution < -0.4 is 4.74 Å². The first kappa shape index (κ1) is 10.8. The Labute approximate surface area is 110 Å². The molecule has 2 aromatic rings. The lowest BCUT2D eigenvalue weighted by Gasteiger charge is -2.14. The molecule has 0 amide bonds. The fourth-order valence-corrected chi connectivity index (χ4v) is 2.94. The second-order valence-corrected chi connectivity index (χ2v) is 5.12. The Balaban J connectivity index is 1.87. The van der Waals surface area contributed by atoms with Crippen molar-refractivity contribution in [3.63, 3.8) is 0 Å². The SMILES string of the molecule is Brc1cccc2c1CCC2Oc1ccccc1. The average molecular weight is 289 g/mol. The summed E-state index contributed by atoms with van der Waals surface area (Å²) in [5, 5.41) is 0. The topological polar surface area (TPSA) is 9.23 Å². The largest absolute Gasteiger partial charge is 0.486 e. The molecule has 1 atom stereocenters. The zero-order valence-electron chi connectivity index (χ0n) is 9.40. The van der Waals surface area contributed by atoms with Crippen LogP contribution in [0.5, 0.6) is 5.75 Å². The Hall–Kier alpha value is -1.28. The lowest BCUT2D eigenvalue weighted by molar-refractivity contribution is 0.207. The Morgan fingerprint density at radius 2 is 1.82 bits per heavy atom. The van der Waals surface area contributed by atoms with E-state index in [1.165, 1.54) is 15.6 Å². The van der Waals surface area contributed by atoms with E-state index in [0.717, 1.165) is 18.6 Å². The maximum Gasteiger partial charge on any atom is 0.124 e. The third kappa shape index (κ3) is 2.09. The number of para-hydroxylation sites is 1. The van der Waals surface area contributed by atoms with Crippen molar-refractivity contribution in [2.75, 3.05) is 0 Å². The standard InChI is InChI=1S/C15H13BrO/c16-14-8-4-7-13-12(14)9-10-15(13)17-11-5-2-1-3-6-11/h1-8,15H,9-10H2. The summed E-state index contributed by atoms with van der Waals surface area (Å²) in [6.07, 6.45) is 2.35. The predicted molar refractivity (Wildman–Crippen MR) is 72.3 cm³/mol. The summed E-state index contributed by atoms with van der Waals surface area (Å²) in [6, 6.07) is 16.4. The Morgan fingerprint density at radius 3 is 2.65 bits per heavy atom. The number of rotatable bonds is 2. The monoisotopic (exact) mass is 288 g/mol. The highest BCUT2D eigenvalue weighted by atomic mass is 79.9. The predicted octanol–water partition coefficient (Wildman–Crippen LogP) is 4.52. The molecule has 0 fully saturated rings. The first-order valence-electron chi connectivity index (χ1n) is 5.83. The van der Waals surface area contributed by atoms with Gasteiger partial charge in [0.25, 0.3) is 0 Å². The maximum absolute atomic E-state index is 6.04. The maximum atomic E-state index is 6.04. The van der Waals surface area contributed by atoms with Gasteiger partial charge in [-0.3, -0.25) is 0 Å². The summed E-state index contributed by atoms with van der Waals surface area (Å²) in [6.45, 7) is 0. The number of ether oxygens (including phenoxy) is 1. The quantitative estimate of drug-likeness (QED) is 0.790. The number of hydrogen-bond donors (Lipinski definition) is 0. The van der Waals surface area contributed by atoms with Crippen LogP contribution in [0, 0.1) is 0 Å². The lowest BCUT2D eigenvalue weighted by Crippen LogP contribution is -2.03. The van der Waals surface area contributed by atoms with Gasteiger partial charge in [0.15, 0.2) is 0 Å². The number of fused-ring (bicyclic) bond motifs is 1. The second-order valence-electron chi connectivity index (χ2n) is 4.27. The van der Waals surface area contributed by atoms with Crippen LogP contribution >= 0.6 is 15.9 Å². The van der Waals surface area contributed by atoms with Crippen LogP contribution in [0.2, 0.25) is 0 Å². The average Bonchev–Trinajstić information content (AvgIpc) is 2.76. The molecule has 17 heavy (non-hydrogen) atoms. The van der Waals surface area contributed by atoms with Crippen LogP contribution in [0.1, 0.15) is 23.7 Å². The molecule has 0 saturated heterocycles. The van der Waals surface area contributed by atoms with Gasteiger partial charge in [-0.15, -0.1) is 0 Å². The van der Waals surface area contributed by atoms with Gasteiger partial charge < -0.3 is 4.74 Å². The molecule has 0 saturated carbocycles.